The molecule has 0 saturated heterocycles. The van der Waals surface area contributed by atoms with E-state index in [1.54, 1.807) is 36.7 Å². The zero-order valence-electron chi connectivity index (χ0n) is 9.93. The topological polar surface area (TPSA) is 86.5 Å². The third kappa shape index (κ3) is 4.35. The molecule has 1 amide bonds. The van der Waals surface area contributed by atoms with E-state index < -0.39 is 6.09 Å². The zero-order valence-corrected chi connectivity index (χ0v) is 10.7. The predicted molar refractivity (Wildman–Crippen MR) is 71.8 cm³/mol. The number of rotatable bonds is 2. The van der Waals surface area contributed by atoms with E-state index >= 15 is 0 Å². The summed E-state index contributed by atoms with van der Waals surface area (Å²) in [4.78, 5) is 15.3. The van der Waals surface area contributed by atoms with Gasteiger partial charge >= 0.3 is 6.09 Å². The van der Waals surface area contributed by atoms with Crippen molar-refractivity contribution in [3.63, 3.8) is 0 Å². The number of hydrogen-bond acceptors (Lipinski definition) is 5. The highest BCUT2D eigenvalue weighted by molar-refractivity contribution is 8.13. The van der Waals surface area contributed by atoms with Crippen LogP contribution in [0.1, 0.15) is 0 Å². The number of carbonyl (C=O) groups is 1. The van der Waals surface area contributed by atoms with E-state index in [2.05, 4.69) is 20.4 Å². The van der Waals surface area contributed by atoms with Crippen molar-refractivity contribution >= 4 is 34.4 Å². The maximum absolute atomic E-state index is 11.0. The Kier molecular flexibility index (Phi) is 5.54. The van der Waals surface area contributed by atoms with Gasteiger partial charge in [0.25, 0.3) is 0 Å². The number of nitriles is 1. The van der Waals surface area contributed by atoms with Gasteiger partial charge in [0.1, 0.15) is 0 Å². The van der Waals surface area contributed by atoms with Crippen LogP contribution >= 0.6 is 11.8 Å². The number of amides is 1. The van der Waals surface area contributed by atoms with Crippen LogP contribution < -0.4 is 10.6 Å². The van der Waals surface area contributed by atoms with Gasteiger partial charge in [0, 0.05) is 5.69 Å². The molecule has 0 bridgehead atoms. The first-order valence-electron chi connectivity index (χ1n) is 4.92. The summed E-state index contributed by atoms with van der Waals surface area (Å²) in [5.41, 5.74) is 1.19. The molecular weight excluding hydrogens is 252 g/mol. The molecule has 0 atom stereocenters. The molecule has 6 nitrogen and oxygen atoms in total. The van der Waals surface area contributed by atoms with E-state index in [1.165, 1.54) is 18.9 Å². The Morgan fingerprint density at radius 2 is 2.33 bits per heavy atom. The van der Waals surface area contributed by atoms with E-state index in [1.807, 2.05) is 0 Å². The zero-order chi connectivity index (χ0) is 13.4. The van der Waals surface area contributed by atoms with Crippen LogP contribution in [0.25, 0.3) is 0 Å². The fourth-order valence-electron chi connectivity index (χ4n) is 1.11. The quantitative estimate of drug-likeness (QED) is 0.370. The van der Waals surface area contributed by atoms with Crippen LogP contribution in [0.15, 0.2) is 29.3 Å². The first-order chi connectivity index (χ1) is 8.69. The summed E-state index contributed by atoms with van der Waals surface area (Å²) < 4.78 is 4.49. The third-order valence-electron chi connectivity index (χ3n) is 1.86. The second kappa shape index (κ2) is 7.19. The Morgan fingerprint density at radius 3 is 2.94 bits per heavy atom. The third-order valence-corrected chi connectivity index (χ3v) is 2.44. The molecule has 1 aromatic rings. The van der Waals surface area contributed by atoms with Crippen LogP contribution in [0.5, 0.6) is 0 Å². The molecule has 2 N–H and O–H groups in total. The maximum atomic E-state index is 11.0. The van der Waals surface area contributed by atoms with Gasteiger partial charge in [0.05, 0.1) is 12.8 Å². The summed E-state index contributed by atoms with van der Waals surface area (Å²) in [6, 6.07) is 6.89. The van der Waals surface area contributed by atoms with Gasteiger partial charge in [0.15, 0.2) is 11.4 Å². The lowest BCUT2D eigenvalue weighted by atomic mass is 10.3. The molecule has 0 unspecified atom stereocenters. The maximum Gasteiger partial charge on any atom is 0.411 e. The molecule has 94 valence electrons. The number of benzene rings is 1. The van der Waals surface area contributed by atoms with E-state index in [0.717, 1.165) is 0 Å². The van der Waals surface area contributed by atoms with Crippen LogP contribution in [-0.2, 0) is 4.74 Å². The minimum Gasteiger partial charge on any atom is -0.453 e. The summed E-state index contributed by atoms with van der Waals surface area (Å²) in [5, 5.41) is 14.0. The Balaban J connectivity index is 2.88. The number of thioether (sulfide) groups is 1. The van der Waals surface area contributed by atoms with Crippen LogP contribution in [0.3, 0.4) is 0 Å². The molecule has 0 saturated carbocycles. The van der Waals surface area contributed by atoms with Crippen molar-refractivity contribution < 1.29 is 9.53 Å². The molecule has 0 heterocycles. The molecule has 1 rings (SSSR count). The van der Waals surface area contributed by atoms with Crippen molar-refractivity contribution in [2.75, 3.05) is 18.7 Å². The summed E-state index contributed by atoms with van der Waals surface area (Å²) in [5.74, 6) is 0. The SMILES string of the molecule is COC(=O)Nc1cccc(N=C(NC#N)SC)c1. The van der Waals surface area contributed by atoms with Gasteiger partial charge in [-0.2, -0.15) is 5.26 Å². The van der Waals surface area contributed by atoms with Gasteiger partial charge in [-0.25, -0.2) is 9.79 Å². The van der Waals surface area contributed by atoms with Crippen LogP contribution in [0.2, 0.25) is 0 Å². The first kappa shape index (κ1) is 13.9. The molecule has 18 heavy (non-hydrogen) atoms. The molecular formula is C11H12N4O2S. The summed E-state index contributed by atoms with van der Waals surface area (Å²) in [6.07, 6.45) is 3.06. The van der Waals surface area contributed by atoms with Gasteiger partial charge in [-0.15, -0.1) is 0 Å². The van der Waals surface area contributed by atoms with E-state index in [4.69, 9.17) is 5.26 Å². The summed E-state index contributed by atoms with van der Waals surface area (Å²) in [6.45, 7) is 0. The van der Waals surface area contributed by atoms with Gasteiger partial charge in [-0.05, 0) is 24.5 Å². The van der Waals surface area contributed by atoms with Crippen molar-refractivity contribution in [1.29, 1.82) is 5.26 Å². The van der Waals surface area contributed by atoms with Crippen LogP contribution in [0.4, 0.5) is 16.2 Å². The molecule has 0 aliphatic heterocycles. The molecule has 0 aliphatic rings. The van der Waals surface area contributed by atoms with E-state index in [0.29, 0.717) is 16.5 Å². The average molecular weight is 264 g/mol. The second-order valence-electron chi connectivity index (χ2n) is 3.02. The van der Waals surface area contributed by atoms with Crippen molar-refractivity contribution in [3.05, 3.63) is 24.3 Å². The van der Waals surface area contributed by atoms with E-state index in [9.17, 15) is 4.79 Å². The fourth-order valence-corrected chi connectivity index (χ4v) is 1.46. The predicted octanol–water partition coefficient (Wildman–Crippen LogP) is 2.29. The number of amidine groups is 1. The number of aliphatic imine (C=N–C) groups is 1. The lowest BCUT2D eigenvalue weighted by Crippen LogP contribution is -2.12. The van der Waals surface area contributed by atoms with E-state index in [-0.39, 0.29) is 0 Å². The second-order valence-corrected chi connectivity index (χ2v) is 3.82. The average Bonchev–Trinajstić information content (AvgIpc) is 2.38. The first-order valence-corrected chi connectivity index (χ1v) is 6.15. The number of anilines is 1. The molecule has 0 aliphatic carbocycles. The smallest absolute Gasteiger partial charge is 0.411 e. The highest BCUT2D eigenvalue weighted by atomic mass is 32.2. The minimum absolute atomic E-state index is 0.479. The van der Waals surface area contributed by atoms with Crippen molar-refractivity contribution in [2.24, 2.45) is 4.99 Å². The summed E-state index contributed by atoms with van der Waals surface area (Å²) >= 11 is 1.32. The Morgan fingerprint density at radius 1 is 1.56 bits per heavy atom. The highest BCUT2D eigenvalue weighted by Crippen LogP contribution is 2.19. The molecule has 0 aromatic heterocycles. The standard InChI is InChI=1S/C11H12N4O2S/c1-17-11(16)15-9-5-3-4-8(6-9)14-10(18-2)13-7-12/h3-6H,1-2H3,(H,13,14)(H,15,16). The van der Waals surface area contributed by atoms with Crippen LogP contribution in [0, 0.1) is 11.5 Å². The highest BCUT2D eigenvalue weighted by Gasteiger charge is 2.02. The molecule has 0 fully saturated rings. The largest absolute Gasteiger partial charge is 0.453 e. The Hall–Kier alpha value is -2.20. The van der Waals surface area contributed by atoms with Gasteiger partial charge < -0.3 is 4.74 Å². The number of methoxy groups -OCH3 is 1. The Bertz CT molecular complexity index is 496. The minimum atomic E-state index is -0.545. The number of nitrogens with one attached hydrogen (secondary N) is 2. The van der Waals surface area contributed by atoms with Crippen molar-refractivity contribution in [1.82, 2.24) is 5.32 Å². The number of hydrogen-bond donors (Lipinski definition) is 2. The van der Waals surface area contributed by atoms with Crippen molar-refractivity contribution in [3.8, 4) is 6.19 Å². The summed E-state index contributed by atoms with van der Waals surface area (Å²) in [7, 11) is 1.29. The van der Waals surface area contributed by atoms with Crippen LogP contribution in [-0.4, -0.2) is 24.6 Å². The number of nitrogens with zero attached hydrogens (tertiary/aromatic N) is 2. The molecule has 1 aromatic carbocycles. The normalized spacial score (nSPS) is 10.4. The van der Waals surface area contributed by atoms with Gasteiger partial charge in [-0.1, -0.05) is 17.8 Å². The Labute approximate surface area is 109 Å². The van der Waals surface area contributed by atoms with Crippen molar-refractivity contribution in [2.45, 2.75) is 0 Å². The molecule has 7 heteroatoms. The lowest BCUT2D eigenvalue weighted by Gasteiger charge is -2.04. The number of ether oxygens (including phenoxy) is 1. The lowest BCUT2D eigenvalue weighted by molar-refractivity contribution is 0.187. The van der Waals surface area contributed by atoms with Gasteiger partial charge in [-0.3, -0.25) is 10.6 Å². The molecule has 0 radical (unpaired) electrons. The fraction of sp³-hybridized carbons (Fsp3) is 0.182. The monoisotopic (exact) mass is 264 g/mol. The number of carbonyl (C=O) groups excluding carboxylic acids is 1. The van der Waals surface area contributed by atoms with Gasteiger partial charge in [0.2, 0.25) is 0 Å². The molecule has 0 spiro atoms.